The molecule has 2 rings (SSSR count). The second-order valence-corrected chi connectivity index (χ2v) is 4.81. The van der Waals surface area contributed by atoms with Crippen LogP contribution in [-0.4, -0.2) is 18.7 Å². The van der Waals surface area contributed by atoms with Gasteiger partial charge in [-0.25, -0.2) is 0 Å². The molecule has 1 aliphatic heterocycles. The average Bonchev–Trinajstić information content (AvgIpc) is 2.89. The Kier molecular flexibility index (Phi) is 4.26. The maximum absolute atomic E-state index is 11.7. The van der Waals surface area contributed by atoms with Crippen LogP contribution in [0.4, 0.5) is 0 Å². The van der Waals surface area contributed by atoms with Crippen LogP contribution < -0.4 is 14.8 Å². The van der Waals surface area contributed by atoms with E-state index in [-0.39, 0.29) is 18.6 Å². The van der Waals surface area contributed by atoms with Gasteiger partial charge in [-0.2, -0.15) is 5.26 Å². The largest absolute Gasteiger partial charge is 0.454 e. The number of nitriles is 1. The number of nitrogens with zero attached hydrogens (tertiary/aromatic N) is 1. The lowest BCUT2D eigenvalue weighted by Gasteiger charge is -2.13. The molecule has 1 aromatic carbocycles. The SMILES string of the molecule is CC(C)[C@H](C#N)NC(=O)/C=C/c1ccc2c(c1)OCO2. The van der Waals surface area contributed by atoms with Crippen molar-refractivity contribution in [2.75, 3.05) is 6.79 Å². The molecule has 0 spiro atoms. The van der Waals surface area contributed by atoms with Crippen LogP contribution in [0, 0.1) is 17.2 Å². The molecule has 0 saturated carbocycles. The van der Waals surface area contributed by atoms with Crippen LogP contribution in [-0.2, 0) is 4.79 Å². The lowest BCUT2D eigenvalue weighted by Crippen LogP contribution is -2.36. The van der Waals surface area contributed by atoms with Gasteiger partial charge in [0.15, 0.2) is 11.5 Å². The fourth-order valence-electron chi connectivity index (χ4n) is 1.74. The van der Waals surface area contributed by atoms with E-state index >= 15 is 0 Å². The quantitative estimate of drug-likeness (QED) is 0.852. The number of fused-ring (bicyclic) bond motifs is 1. The molecule has 1 N–H and O–H groups in total. The van der Waals surface area contributed by atoms with Crippen LogP contribution in [0.2, 0.25) is 0 Å². The predicted molar refractivity (Wildman–Crippen MR) is 74.0 cm³/mol. The summed E-state index contributed by atoms with van der Waals surface area (Å²) in [7, 11) is 0. The first-order chi connectivity index (χ1) is 9.60. The van der Waals surface area contributed by atoms with Gasteiger partial charge in [0.25, 0.3) is 0 Å². The molecule has 0 aliphatic carbocycles. The zero-order chi connectivity index (χ0) is 14.5. The third-order valence-corrected chi connectivity index (χ3v) is 2.93. The molecule has 0 radical (unpaired) electrons. The Hall–Kier alpha value is -2.48. The first-order valence-electron chi connectivity index (χ1n) is 6.38. The minimum atomic E-state index is -0.482. The topological polar surface area (TPSA) is 71.4 Å². The average molecular weight is 272 g/mol. The molecular weight excluding hydrogens is 256 g/mol. The van der Waals surface area contributed by atoms with E-state index in [1.165, 1.54) is 6.08 Å². The fraction of sp³-hybridized carbons (Fsp3) is 0.333. The lowest BCUT2D eigenvalue weighted by molar-refractivity contribution is -0.117. The van der Waals surface area contributed by atoms with Gasteiger partial charge in [0.1, 0.15) is 6.04 Å². The fourth-order valence-corrected chi connectivity index (χ4v) is 1.74. The highest BCUT2D eigenvalue weighted by molar-refractivity contribution is 5.92. The van der Waals surface area contributed by atoms with Gasteiger partial charge in [0.2, 0.25) is 12.7 Å². The van der Waals surface area contributed by atoms with Crippen molar-refractivity contribution < 1.29 is 14.3 Å². The first kappa shape index (κ1) is 13.9. The maximum Gasteiger partial charge on any atom is 0.245 e. The number of ether oxygens (including phenoxy) is 2. The van der Waals surface area contributed by atoms with Crippen molar-refractivity contribution in [2.45, 2.75) is 19.9 Å². The number of carbonyl (C=O) groups is 1. The van der Waals surface area contributed by atoms with Gasteiger partial charge in [-0.15, -0.1) is 0 Å². The summed E-state index contributed by atoms with van der Waals surface area (Å²) in [5.74, 6) is 1.16. The second kappa shape index (κ2) is 6.11. The molecule has 1 amide bonds. The summed E-state index contributed by atoms with van der Waals surface area (Å²) in [6.45, 7) is 3.99. The van der Waals surface area contributed by atoms with Crippen LogP contribution in [0.3, 0.4) is 0 Å². The van der Waals surface area contributed by atoms with Gasteiger partial charge in [0, 0.05) is 6.08 Å². The van der Waals surface area contributed by atoms with Crippen molar-refractivity contribution in [3.63, 3.8) is 0 Å². The molecule has 0 bridgehead atoms. The van der Waals surface area contributed by atoms with Crippen molar-refractivity contribution in [1.29, 1.82) is 5.26 Å². The number of carbonyl (C=O) groups excluding carboxylic acids is 1. The molecule has 5 heteroatoms. The molecule has 104 valence electrons. The molecule has 1 aliphatic rings. The minimum absolute atomic E-state index is 0.0721. The summed E-state index contributed by atoms with van der Waals surface area (Å²) < 4.78 is 10.5. The van der Waals surface area contributed by atoms with E-state index in [9.17, 15) is 4.79 Å². The minimum Gasteiger partial charge on any atom is -0.454 e. The third kappa shape index (κ3) is 3.29. The number of hydrogen-bond acceptors (Lipinski definition) is 4. The number of rotatable bonds is 4. The van der Waals surface area contributed by atoms with Crippen molar-refractivity contribution in [1.82, 2.24) is 5.32 Å². The molecule has 0 aromatic heterocycles. The Balaban J connectivity index is 1.99. The van der Waals surface area contributed by atoms with Gasteiger partial charge >= 0.3 is 0 Å². The normalized spacial score (nSPS) is 14.3. The monoisotopic (exact) mass is 272 g/mol. The Morgan fingerprint density at radius 1 is 1.40 bits per heavy atom. The summed E-state index contributed by atoms with van der Waals surface area (Å²) in [4.78, 5) is 11.7. The van der Waals surface area contributed by atoms with Gasteiger partial charge < -0.3 is 14.8 Å². The highest BCUT2D eigenvalue weighted by Crippen LogP contribution is 2.32. The number of nitrogens with one attached hydrogen (secondary N) is 1. The Morgan fingerprint density at radius 2 is 2.15 bits per heavy atom. The lowest BCUT2D eigenvalue weighted by atomic mass is 10.1. The highest BCUT2D eigenvalue weighted by atomic mass is 16.7. The molecule has 5 nitrogen and oxygen atoms in total. The molecule has 20 heavy (non-hydrogen) atoms. The van der Waals surface area contributed by atoms with Crippen LogP contribution in [0.15, 0.2) is 24.3 Å². The van der Waals surface area contributed by atoms with Crippen molar-refractivity contribution >= 4 is 12.0 Å². The molecule has 1 aromatic rings. The van der Waals surface area contributed by atoms with E-state index in [2.05, 4.69) is 11.4 Å². The Morgan fingerprint density at radius 3 is 2.85 bits per heavy atom. The molecular formula is C15H16N2O3. The second-order valence-electron chi connectivity index (χ2n) is 4.81. The molecule has 0 fully saturated rings. The van der Waals surface area contributed by atoms with Crippen LogP contribution >= 0.6 is 0 Å². The summed E-state index contributed by atoms with van der Waals surface area (Å²) in [5, 5.41) is 11.6. The van der Waals surface area contributed by atoms with E-state index in [4.69, 9.17) is 14.7 Å². The van der Waals surface area contributed by atoms with Crippen LogP contribution in [0.1, 0.15) is 19.4 Å². The summed E-state index contributed by atoms with van der Waals surface area (Å²) in [6.07, 6.45) is 3.08. The maximum atomic E-state index is 11.7. The zero-order valence-corrected chi connectivity index (χ0v) is 11.4. The van der Waals surface area contributed by atoms with Gasteiger partial charge in [-0.3, -0.25) is 4.79 Å². The zero-order valence-electron chi connectivity index (χ0n) is 11.4. The summed E-state index contributed by atoms with van der Waals surface area (Å²) >= 11 is 0. The standard InChI is InChI=1S/C15H16N2O3/c1-10(2)12(8-16)17-15(18)6-4-11-3-5-13-14(7-11)20-9-19-13/h3-7,10,12H,9H2,1-2H3,(H,17,18)/b6-4+/t12-/m0/s1. The van der Waals surface area contributed by atoms with E-state index in [1.807, 2.05) is 19.9 Å². The van der Waals surface area contributed by atoms with E-state index in [1.54, 1.807) is 18.2 Å². The Bertz CT molecular complexity index is 573. The highest BCUT2D eigenvalue weighted by Gasteiger charge is 2.14. The molecule has 1 heterocycles. The Labute approximate surface area is 117 Å². The first-order valence-corrected chi connectivity index (χ1v) is 6.38. The van der Waals surface area contributed by atoms with Gasteiger partial charge in [-0.1, -0.05) is 19.9 Å². The summed E-state index contributed by atoms with van der Waals surface area (Å²) in [5.41, 5.74) is 0.836. The van der Waals surface area contributed by atoms with Crippen LogP contribution in [0.5, 0.6) is 11.5 Å². The van der Waals surface area contributed by atoms with Crippen molar-refractivity contribution in [3.05, 3.63) is 29.8 Å². The predicted octanol–water partition coefficient (Wildman–Crippen LogP) is 2.09. The number of hydrogen-bond donors (Lipinski definition) is 1. The van der Waals surface area contributed by atoms with Crippen molar-refractivity contribution in [2.24, 2.45) is 5.92 Å². The third-order valence-electron chi connectivity index (χ3n) is 2.93. The van der Waals surface area contributed by atoms with E-state index in [0.29, 0.717) is 11.5 Å². The van der Waals surface area contributed by atoms with Gasteiger partial charge in [0.05, 0.1) is 6.07 Å². The van der Waals surface area contributed by atoms with E-state index in [0.717, 1.165) is 5.56 Å². The molecule has 0 saturated heterocycles. The smallest absolute Gasteiger partial charge is 0.245 e. The van der Waals surface area contributed by atoms with Crippen molar-refractivity contribution in [3.8, 4) is 17.6 Å². The molecule has 1 atom stereocenters. The number of benzene rings is 1. The molecule has 0 unspecified atom stereocenters. The van der Waals surface area contributed by atoms with E-state index < -0.39 is 6.04 Å². The number of amides is 1. The summed E-state index contributed by atoms with van der Waals surface area (Å²) in [6, 6.07) is 7.01. The van der Waals surface area contributed by atoms with Gasteiger partial charge in [-0.05, 0) is 29.7 Å². The van der Waals surface area contributed by atoms with Crippen LogP contribution in [0.25, 0.3) is 6.08 Å².